The summed E-state index contributed by atoms with van der Waals surface area (Å²) in [6.45, 7) is 6.41. The minimum absolute atomic E-state index is 0.176. The molecule has 2 aliphatic rings. The largest absolute Gasteiger partial charge is 0.342 e. The van der Waals surface area contributed by atoms with Gasteiger partial charge >= 0.3 is 0 Å². The number of piperidine rings is 1. The molecule has 4 heterocycles. The van der Waals surface area contributed by atoms with Crippen LogP contribution >= 0.6 is 0 Å². The Morgan fingerprint density at radius 1 is 1.29 bits per heavy atom. The second-order valence-corrected chi connectivity index (χ2v) is 7.03. The van der Waals surface area contributed by atoms with Crippen molar-refractivity contribution in [2.75, 3.05) is 26.2 Å². The van der Waals surface area contributed by atoms with E-state index in [1.165, 1.54) is 0 Å². The van der Waals surface area contributed by atoms with Crippen LogP contribution in [0.25, 0.3) is 5.78 Å². The van der Waals surface area contributed by atoms with E-state index >= 15 is 0 Å². The van der Waals surface area contributed by atoms with E-state index in [2.05, 4.69) is 31.8 Å². The van der Waals surface area contributed by atoms with Gasteiger partial charge in [-0.05, 0) is 38.3 Å². The summed E-state index contributed by atoms with van der Waals surface area (Å²) >= 11 is 0. The number of rotatable bonds is 4. The molecule has 7 heteroatoms. The van der Waals surface area contributed by atoms with Gasteiger partial charge in [0.1, 0.15) is 0 Å². The number of carbonyl (C=O) groups is 1. The van der Waals surface area contributed by atoms with Crippen LogP contribution in [0.1, 0.15) is 38.4 Å². The highest BCUT2D eigenvalue weighted by atomic mass is 16.2. The highest BCUT2D eigenvalue weighted by Gasteiger charge is 2.48. The molecule has 0 radical (unpaired) electrons. The monoisotopic (exact) mass is 328 g/mol. The Balaban J connectivity index is 1.46. The molecule has 2 aliphatic heterocycles. The molecule has 0 aromatic carbocycles. The lowest BCUT2D eigenvalue weighted by molar-refractivity contribution is -0.145. The lowest BCUT2D eigenvalue weighted by Gasteiger charge is -2.39. The Morgan fingerprint density at radius 3 is 3.04 bits per heavy atom. The number of likely N-dealkylation sites (tertiary alicyclic amines) is 2. The van der Waals surface area contributed by atoms with E-state index in [9.17, 15) is 4.79 Å². The van der Waals surface area contributed by atoms with Gasteiger partial charge in [0.2, 0.25) is 5.91 Å². The molecule has 2 saturated heterocycles. The summed E-state index contributed by atoms with van der Waals surface area (Å²) in [7, 11) is 0. The van der Waals surface area contributed by atoms with Crippen molar-refractivity contribution in [2.24, 2.45) is 5.41 Å². The quantitative estimate of drug-likeness (QED) is 0.847. The summed E-state index contributed by atoms with van der Waals surface area (Å²) in [5, 5.41) is 4.48. The summed E-state index contributed by atoms with van der Waals surface area (Å²) in [5.74, 6) is 1.77. The zero-order chi connectivity index (χ0) is 16.6. The Kier molecular flexibility index (Phi) is 3.96. The predicted molar refractivity (Wildman–Crippen MR) is 89.2 cm³/mol. The van der Waals surface area contributed by atoms with Gasteiger partial charge in [0, 0.05) is 32.0 Å². The van der Waals surface area contributed by atoms with Crippen LogP contribution in [0.2, 0.25) is 0 Å². The zero-order valence-corrected chi connectivity index (χ0v) is 14.2. The Morgan fingerprint density at radius 2 is 2.21 bits per heavy atom. The van der Waals surface area contributed by atoms with Crippen LogP contribution in [0.5, 0.6) is 0 Å². The smallest absolute Gasteiger partial charge is 0.252 e. The molecule has 1 spiro atoms. The van der Waals surface area contributed by atoms with Gasteiger partial charge < -0.3 is 4.90 Å². The third kappa shape index (κ3) is 2.66. The minimum atomic E-state index is -0.176. The topological polar surface area (TPSA) is 66.6 Å². The minimum Gasteiger partial charge on any atom is -0.342 e. The molecule has 0 N–H and O–H groups in total. The molecule has 1 atom stereocenters. The van der Waals surface area contributed by atoms with Crippen LogP contribution in [0.15, 0.2) is 18.5 Å². The molecule has 4 rings (SSSR count). The molecule has 0 aliphatic carbocycles. The fraction of sp³-hybridized carbons (Fsp3) is 0.647. The van der Waals surface area contributed by atoms with E-state index < -0.39 is 0 Å². The van der Waals surface area contributed by atoms with Crippen molar-refractivity contribution in [3.8, 4) is 0 Å². The number of carbonyl (C=O) groups excluding carboxylic acids is 1. The summed E-state index contributed by atoms with van der Waals surface area (Å²) < 4.78 is 1.70. The molecule has 0 bridgehead atoms. The molecule has 0 saturated carbocycles. The van der Waals surface area contributed by atoms with Crippen LogP contribution in [-0.2, 0) is 11.3 Å². The van der Waals surface area contributed by atoms with Crippen molar-refractivity contribution in [2.45, 2.75) is 39.2 Å². The van der Waals surface area contributed by atoms with Crippen molar-refractivity contribution in [3.05, 3.63) is 24.3 Å². The van der Waals surface area contributed by atoms with E-state index in [4.69, 9.17) is 0 Å². The highest BCUT2D eigenvalue weighted by molar-refractivity contribution is 5.84. The van der Waals surface area contributed by atoms with Crippen molar-refractivity contribution >= 4 is 11.7 Å². The van der Waals surface area contributed by atoms with Crippen LogP contribution in [0.3, 0.4) is 0 Å². The normalized spacial score (nSPS) is 25.2. The predicted octanol–water partition coefficient (Wildman–Crippen LogP) is 1.35. The first kappa shape index (κ1) is 15.5. The van der Waals surface area contributed by atoms with Gasteiger partial charge in [0.25, 0.3) is 5.78 Å². The first-order chi connectivity index (χ1) is 11.7. The van der Waals surface area contributed by atoms with E-state index in [0.717, 1.165) is 57.7 Å². The van der Waals surface area contributed by atoms with Gasteiger partial charge in [0.15, 0.2) is 5.82 Å². The lowest BCUT2D eigenvalue weighted by Crippen LogP contribution is -2.50. The standard InChI is InChI=1S/C17H24N6O/c1-2-8-22-9-3-5-17(15(22)24)6-11-21(13-17)12-14-19-16-18-7-4-10-23(16)20-14/h4,7,10H,2-3,5-6,8-9,11-13H2,1H3/t17-/m1/s1. The molecular weight excluding hydrogens is 304 g/mol. The second-order valence-electron chi connectivity index (χ2n) is 7.03. The van der Waals surface area contributed by atoms with Gasteiger partial charge in [-0.3, -0.25) is 9.69 Å². The maximum Gasteiger partial charge on any atom is 0.252 e. The van der Waals surface area contributed by atoms with Crippen LogP contribution in [0, 0.1) is 5.41 Å². The van der Waals surface area contributed by atoms with E-state index in [1.807, 2.05) is 12.3 Å². The Hall–Kier alpha value is -2.02. The maximum atomic E-state index is 12.9. The van der Waals surface area contributed by atoms with Crippen molar-refractivity contribution < 1.29 is 4.79 Å². The third-order valence-electron chi connectivity index (χ3n) is 5.28. The van der Waals surface area contributed by atoms with Gasteiger partial charge in [-0.25, -0.2) is 9.50 Å². The van der Waals surface area contributed by atoms with Gasteiger partial charge in [-0.2, -0.15) is 4.98 Å². The maximum absolute atomic E-state index is 12.9. The Labute approximate surface area is 141 Å². The first-order valence-electron chi connectivity index (χ1n) is 8.88. The van der Waals surface area contributed by atoms with E-state index in [1.54, 1.807) is 10.7 Å². The summed E-state index contributed by atoms with van der Waals surface area (Å²) in [4.78, 5) is 26.0. The van der Waals surface area contributed by atoms with Crippen molar-refractivity contribution in [1.29, 1.82) is 0 Å². The molecule has 2 aromatic rings. The lowest BCUT2D eigenvalue weighted by atomic mass is 9.78. The SMILES string of the molecule is CCCN1CCC[C@]2(CCN(Cc3nc4ncccn4n3)C2)C1=O. The van der Waals surface area contributed by atoms with E-state index in [0.29, 0.717) is 18.2 Å². The van der Waals surface area contributed by atoms with Crippen LogP contribution < -0.4 is 0 Å². The number of aromatic nitrogens is 4. The number of amides is 1. The number of hydrogen-bond donors (Lipinski definition) is 0. The molecule has 2 aromatic heterocycles. The van der Waals surface area contributed by atoms with E-state index in [-0.39, 0.29) is 5.41 Å². The Bertz CT molecular complexity index is 709. The van der Waals surface area contributed by atoms with Crippen molar-refractivity contribution in [3.63, 3.8) is 0 Å². The molecule has 0 unspecified atom stereocenters. The summed E-state index contributed by atoms with van der Waals surface area (Å²) in [6.07, 6.45) is 7.71. The van der Waals surface area contributed by atoms with Crippen LogP contribution in [0.4, 0.5) is 0 Å². The number of fused-ring (bicyclic) bond motifs is 1. The second kappa shape index (κ2) is 6.12. The molecule has 7 nitrogen and oxygen atoms in total. The molecule has 128 valence electrons. The molecule has 2 fully saturated rings. The molecule has 1 amide bonds. The fourth-order valence-corrected chi connectivity index (χ4v) is 4.15. The summed E-state index contributed by atoms with van der Waals surface area (Å²) in [5.41, 5.74) is -0.176. The zero-order valence-electron chi connectivity index (χ0n) is 14.2. The highest BCUT2D eigenvalue weighted by Crippen LogP contribution is 2.40. The fourth-order valence-electron chi connectivity index (χ4n) is 4.15. The van der Waals surface area contributed by atoms with Gasteiger partial charge in [-0.15, -0.1) is 5.10 Å². The average molecular weight is 328 g/mol. The average Bonchev–Trinajstić information content (AvgIpc) is 3.17. The van der Waals surface area contributed by atoms with Gasteiger partial charge in [0.05, 0.1) is 12.0 Å². The number of hydrogen-bond acceptors (Lipinski definition) is 5. The third-order valence-corrected chi connectivity index (χ3v) is 5.28. The summed E-state index contributed by atoms with van der Waals surface area (Å²) in [6, 6.07) is 1.85. The number of nitrogens with zero attached hydrogens (tertiary/aromatic N) is 6. The van der Waals surface area contributed by atoms with Crippen molar-refractivity contribution in [1.82, 2.24) is 29.4 Å². The van der Waals surface area contributed by atoms with Crippen LogP contribution in [-0.4, -0.2) is 61.5 Å². The molecular formula is C17H24N6O. The molecule has 24 heavy (non-hydrogen) atoms. The van der Waals surface area contributed by atoms with Gasteiger partial charge in [-0.1, -0.05) is 6.92 Å². The first-order valence-corrected chi connectivity index (χ1v) is 8.88.